The van der Waals surface area contributed by atoms with Crippen LogP contribution in [0.15, 0.2) is 12.7 Å². The molecule has 1 fully saturated rings. The van der Waals surface area contributed by atoms with Crippen molar-refractivity contribution >= 4 is 38.9 Å². The number of nitrogens with two attached hydrogens (primary N) is 1. The van der Waals surface area contributed by atoms with E-state index in [-0.39, 0.29) is 23.3 Å². The van der Waals surface area contributed by atoms with Gasteiger partial charge < -0.3 is 50.6 Å². The molecule has 2 aromatic rings. The summed E-state index contributed by atoms with van der Waals surface area (Å²) < 4.78 is 43.5. The number of aliphatic hydroxyl groups excluding tert-OH is 5. The summed E-state index contributed by atoms with van der Waals surface area (Å²) in [6.07, 6.45) is -9.91. The highest BCUT2D eigenvalue weighted by Crippen LogP contribution is 2.60. The molecule has 3 rings (SSSR count). The maximum atomic E-state index is 12.1. The smallest absolute Gasteiger partial charge is 0.388 e. The van der Waals surface area contributed by atoms with E-state index in [2.05, 4.69) is 28.3 Å². The average molecular weight is 559 g/mol. The van der Waals surface area contributed by atoms with Crippen molar-refractivity contribution in [3.05, 3.63) is 12.7 Å². The number of ether oxygens (including phenoxy) is 1. The topological polar surface area (TPSA) is 299 Å². The van der Waals surface area contributed by atoms with E-state index in [1.54, 1.807) is 0 Å². The fraction of sp³-hybridized carbons (Fsp3) is 0.600. The lowest BCUT2D eigenvalue weighted by Gasteiger charge is -2.22. The number of anilines is 1. The fourth-order valence-electron chi connectivity index (χ4n) is 3.08. The second kappa shape index (κ2) is 11.2. The van der Waals surface area contributed by atoms with Crippen LogP contribution in [0.5, 0.6) is 0 Å². The third-order valence-corrected chi connectivity index (χ3v) is 7.50. The van der Waals surface area contributed by atoms with Crippen molar-refractivity contribution in [2.45, 2.75) is 42.9 Å². The van der Waals surface area contributed by atoms with Crippen LogP contribution in [0.25, 0.3) is 11.2 Å². The lowest BCUT2D eigenvalue weighted by atomic mass is 10.1. The third kappa shape index (κ3) is 6.48. The first kappa shape index (κ1) is 28.6. The van der Waals surface area contributed by atoms with Gasteiger partial charge in [0, 0.05) is 0 Å². The Labute approximate surface area is 200 Å². The number of aliphatic hydroxyl groups is 5. The Kier molecular flexibility index (Phi) is 8.90. The van der Waals surface area contributed by atoms with Crippen LogP contribution in [0.4, 0.5) is 5.82 Å². The maximum Gasteiger partial charge on any atom is 0.481 e. The molecule has 202 valence electrons. The number of carbonyl (C=O) groups excluding carboxylic acids is 1. The molecule has 2 aromatic heterocycles. The van der Waals surface area contributed by atoms with E-state index in [0.717, 1.165) is 6.33 Å². The molecule has 1 saturated heterocycles. The van der Waals surface area contributed by atoms with Crippen LogP contribution in [0, 0.1) is 0 Å². The molecule has 21 heteroatoms. The second-order valence-corrected chi connectivity index (χ2v) is 10.5. The highest BCUT2D eigenvalue weighted by Gasteiger charge is 2.46. The number of nitrogen functional groups attached to an aromatic ring is 1. The van der Waals surface area contributed by atoms with Crippen molar-refractivity contribution in [3.63, 3.8) is 0 Å². The van der Waals surface area contributed by atoms with Crippen LogP contribution >= 0.6 is 15.6 Å². The summed E-state index contributed by atoms with van der Waals surface area (Å²) in [4.78, 5) is 41.4. The van der Waals surface area contributed by atoms with Crippen LogP contribution in [0.1, 0.15) is 6.23 Å². The van der Waals surface area contributed by atoms with Crippen molar-refractivity contribution < 1.29 is 67.3 Å². The zero-order chi connectivity index (χ0) is 26.8. The first-order valence-electron chi connectivity index (χ1n) is 9.86. The lowest BCUT2D eigenvalue weighted by Crippen LogP contribution is -2.40. The number of phosphoric ester groups is 2. The summed E-state index contributed by atoms with van der Waals surface area (Å²) >= 11 is 0. The quantitative estimate of drug-likeness (QED) is 0.0926. The predicted octanol–water partition coefficient (Wildman–Crippen LogP) is -3.44. The van der Waals surface area contributed by atoms with Crippen molar-refractivity contribution in [1.29, 1.82) is 0 Å². The summed E-state index contributed by atoms with van der Waals surface area (Å²) in [5.74, 6) is 0.0441. The van der Waals surface area contributed by atoms with Crippen LogP contribution in [0.2, 0.25) is 0 Å². The van der Waals surface area contributed by atoms with Gasteiger partial charge >= 0.3 is 15.6 Å². The van der Waals surface area contributed by atoms with Gasteiger partial charge in [0.25, 0.3) is 0 Å². The number of carbonyl (C=O) groups is 1. The third-order valence-electron chi connectivity index (χ3n) is 4.90. The highest BCUT2D eigenvalue weighted by atomic mass is 31.3. The zero-order valence-electron chi connectivity index (χ0n) is 17.9. The van der Waals surface area contributed by atoms with Crippen molar-refractivity contribution in [2.24, 2.45) is 0 Å². The van der Waals surface area contributed by atoms with E-state index < -0.39 is 71.7 Å². The Hall–Kier alpha value is -1.96. The fourth-order valence-corrected chi connectivity index (χ4v) is 5.17. The lowest BCUT2D eigenvalue weighted by molar-refractivity contribution is -0.127. The van der Waals surface area contributed by atoms with Gasteiger partial charge in [-0.05, 0) is 0 Å². The number of phosphoric acid groups is 2. The van der Waals surface area contributed by atoms with Crippen LogP contribution in [-0.2, 0) is 32.0 Å². The Bertz CT molecular complexity index is 1170. The standard InChI is InChI=1S/C15H23N5O14P2/c16-13-9-14(18-4-17-13)20(5-19-9)15-12(26)11(25)8(33-15)3-32-36(29,30)34-35(27,28)31-2-7(23)10(24)6(22)1-21/h1,4-8,10-12,15,22-26H,2-3H2,(H,27,28)(H,29,30)(H2,16,17,18)/t6-,7+,8-,10-,11-,12-,15-/m1/s1. The largest absolute Gasteiger partial charge is 0.481 e. The van der Waals surface area contributed by atoms with Gasteiger partial charge in [-0.25, -0.2) is 24.1 Å². The summed E-state index contributed by atoms with van der Waals surface area (Å²) in [5.41, 5.74) is 6.04. The molecule has 0 aromatic carbocycles. The number of aldehydes is 1. The van der Waals surface area contributed by atoms with Gasteiger partial charge in [-0.1, -0.05) is 0 Å². The number of hydrogen-bond acceptors (Lipinski definition) is 16. The molecule has 0 bridgehead atoms. The van der Waals surface area contributed by atoms with E-state index in [1.165, 1.54) is 10.9 Å². The second-order valence-electron chi connectivity index (χ2n) is 7.42. The SMILES string of the molecule is Nc1ncnc2c1ncn2[C@@H]1O[C@H](COP(=O)(O)OP(=O)(O)OC[C@H](O)[C@H](O)[C@H](O)C=O)[C@@H](O)[C@H]1O. The minimum atomic E-state index is -5.39. The molecule has 1 aliphatic heterocycles. The summed E-state index contributed by atoms with van der Waals surface area (Å²) in [6, 6.07) is 0. The molecule has 9 N–H and O–H groups in total. The van der Waals surface area contributed by atoms with E-state index >= 15 is 0 Å². The number of imidazole rings is 1. The number of hydrogen-bond donors (Lipinski definition) is 8. The number of fused-ring (bicyclic) bond motifs is 1. The zero-order valence-corrected chi connectivity index (χ0v) is 19.7. The average Bonchev–Trinajstić information content (AvgIpc) is 3.36. The van der Waals surface area contributed by atoms with Gasteiger partial charge in [-0.15, -0.1) is 0 Å². The van der Waals surface area contributed by atoms with Gasteiger partial charge in [-0.2, -0.15) is 4.31 Å². The predicted molar refractivity (Wildman–Crippen MR) is 112 cm³/mol. The Morgan fingerprint density at radius 2 is 1.78 bits per heavy atom. The molecular weight excluding hydrogens is 536 g/mol. The van der Waals surface area contributed by atoms with Crippen molar-refractivity contribution in [1.82, 2.24) is 19.5 Å². The maximum absolute atomic E-state index is 12.1. The molecule has 1 aliphatic rings. The minimum Gasteiger partial charge on any atom is -0.388 e. The molecule has 0 spiro atoms. The molecule has 0 radical (unpaired) electrons. The monoisotopic (exact) mass is 559 g/mol. The van der Waals surface area contributed by atoms with Gasteiger partial charge in [0.15, 0.2) is 24.0 Å². The van der Waals surface area contributed by atoms with Gasteiger partial charge in [0.05, 0.1) is 19.5 Å². The molecule has 36 heavy (non-hydrogen) atoms. The Morgan fingerprint density at radius 3 is 2.44 bits per heavy atom. The van der Waals surface area contributed by atoms with Crippen LogP contribution in [0.3, 0.4) is 0 Å². The van der Waals surface area contributed by atoms with Crippen molar-refractivity contribution in [2.75, 3.05) is 18.9 Å². The normalized spacial score (nSPS) is 28.3. The molecule has 0 aliphatic carbocycles. The number of nitrogens with zero attached hydrogens (tertiary/aromatic N) is 4. The summed E-state index contributed by atoms with van der Waals surface area (Å²) in [6.45, 7) is -2.11. The first-order chi connectivity index (χ1) is 16.8. The van der Waals surface area contributed by atoms with Gasteiger partial charge in [0.1, 0.15) is 48.5 Å². The first-order valence-corrected chi connectivity index (χ1v) is 12.9. The summed E-state index contributed by atoms with van der Waals surface area (Å²) in [5, 5.41) is 48.7. The molecule has 2 unspecified atom stereocenters. The highest BCUT2D eigenvalue weighted by molar-refractivity contribution is 7.61. The summed E-state index contributed by atoms with van der Waals surface area (Å²) in [7, 11) is -10.8. The van der Waals surface area contributed by atoms with Crippen LogP contribution in [-0.4, -0.2) is 111 Å². The van der Waals surface area contributed by atoms with E-state index in [0.29, 0.717) is 0 Å². The van der Waals surface area contributed by atoms with Crippen molar-refractivity contribution in [3.8, 4) is 0 Å². The Morgan fingerprint density at radius 1 is 1.11 bits per heavy atom. The molecule has 0 amide bonds. The van der Waals surface area contributed by atoms with E-state index in [4.69, 9.17) is 15.6 Å². The molecule has 0 saturated carbocycles. The van der Waals surface area contributed by atoms with Gasteiger partial charge in [-0.3, -0.25) is 13.6 Å². The Balaban J connectivity index is 1.58. The molecule has 3 heterocycles. The minimum absolute atomic E-state index is 0.0441. The number of aromatic nitrogens is 4. The van der Waals surface area contributed by atoms with Crippen LogP contribution < -0.4 is 5.73 Å². The van der Waals surface area contributed by atoms with Gasteiger partial charge in [0.2, 0.25) is 0 Å². The molecular formula is C15H23N5O14P2. The van der Waals surface area contributed by atoms with E-state index in [9.17, 15) is 44.1 Å². The number of rotatable bonds is 12. The molecule has 9 atom stereocenters. The molecule has 19 nitrogen and oxygen atoms in total. The van der Waals surface area contributed by atoms with E-state index in [1.807, 2.05) is 0 Å².